The SMILES string of the molecule is CCn1c(NC(=O)/C=C/c2ccccc2)nc2ccccc21. The molecule has 1 aromatic heterocycles. The van der Waals surface area contributed by atoms with Gasteiger partial charge >= 0.3 is 0 Å². The van der Waals surface area contributed by atoms with Crippen molar-refractivity contribution in [2.75, 3.05) is 5.32 Å². The Morgan fingerprint density at radius 1 is 1.14 bits per heavy atom. The highest BCUT2D eigenvalue weighted by Gasteiger charge is 2.10. The molecule has 3 aromatic rings. The Kier molecular flexibility index (Phi) is 4.01. The number of aryl methyl sites for hydroxylation is 1. The van der Waals surface area contributed by atoms with E-state index in [1.165, 1.54) is 6.08 Å². The van der Waals surface area contributed by atoms with Crippen LogP contribution in [0, 0.1) is 0 Å². The molecule has 1 heterocycles. The minimum atomic E-state index is -0.186. The lowest BCUT2D eigenvalue weighted by Crippen LogP contribution is -2.12. The van der Waals surface area contributed by atoms with E-state index in [0.717, 1.165) is 23.1 Å². The van der Waals surface area contributed by atoms with Gasteiger partial charge in [-0.3, -0.25) is 10.1 Å². The highest BCUT2D eigenvalue weighted by molar-refractivity contribution is 6.01. The second-order valence-electron chi connectivity index (χ2n) is 4.90. The Morgan fingerprint density at radius 3 is 2.64 bits per heavy atom. The first kappa shape index (κ1) is 14.1. The zero-order valence-electron chi connectivity index (χ0n) is 12.4. The summed E-state index contributed by atoms with van der Waals surface area (Å²) >= 11 is 0. The van der Waals surface area contributed by atoms with Crippen molar-refractivity contribution in [3.63, 3.8) is 0 Å². The van der Waals surface area contributed by atoms with Crippen LogP contribution in [-0.2, 0) is 11.3 Å². The number of fused-ring (bicyclic) bond motifs is 1. The molecular weight excluding hydrogens is 274 g/mol. The maximum Gasteiger partial charge on any atom is 0.250 e. The van der Waals surface area contributed by atoms with Crippen LogP contribution >= 0.6 is 0 Å². The normalized spacial score (nSPS) is 11.1. The molecule has 0 aliphatic heterocycles. The predicted octanol–water partition coefficient (Wildman–Crippen LogP) is 3.71. The summed E-state index contributed by atoms with van der Waals surface area (Å²) in [5.74, 6) is 0.389. The van der Waals surface area contributed by atoms with Crippen molar-refractivity contribution >= 4 is 29.0 Å². The maximum atomic E-state index is 12.1. The molecule has 0 fully saturated rings. The summed E-state index contributed by atoms with van der Waals surface area (Å²) in [7, 11) is 0. The Labute approximate surface area is 129 Å². The molecule has 0 saturated carbocycles. The number of carbonyl (C=O) groups is 1. The van der Waals surface area contributed by atoms with E-state index in [9.17, 15) is 4.79 Å². The summed E-state index contributed by atoms with van der Waals surface area (Å²) in [6.45, 7) is 2.78. The number of aromatic nitrogens is 2. The van der Waals surface area contributed by atoms with Crippen molar-refractivity contribution < 1.29 is 4.79 Å². The Hall–Kier alpha value is -2.88. The van der Waals surface area contributed by atoms with Crippen molar-refractivity contribution in [2.24, 2.45) is 0 Å². The van der Waals surface area contributed by atoms with Crippen molar-refractivity contribution in [1.82, 2.24) is 9.55 Å². The van der Waals surface area contributed by atoms with E-state index in [0.29, 0.717) is 5.95 Å². The van der Waals surface area contributed by atoms with Crippen LogP contribution in [-0.4, -0.2) is 15.5 Å². The van der Waals surface area contributed by atoms with E-state index < -0.39 is 0 Å². The van der Waals surface area contributed by atoms with Crippen LogP contribution < -0.4 is 5.32 Å². The third-order valence-corrected chi connectivity index (χ3v) is 3.43. The highest BCUT2D eigenvalue weighted by atomic mass is 16.1. The fraction of sp³-hybridized carbons (Fsp3) is 0.111. The molecule has 110 valence electrons. The maximum absolute atomic E-state index is 12.1. The van der Waals surface area contributed by atoms with Gasteiger partial charge in [0.1, 0.15) is 0 Å². The van der Waals surface area contributed by atoms with Gasteiger partial charge in [-0.2, -0.15) is 0 Å². The average Bonchev–Trinajstić information content (AvgIpc) is 2.91. The molecular formula is C18H17N3O. The number of imidazole rings is 1. The Morgan fingerprint density at radius 2 is 1.86 bits per heavy atom. The van der Waals surface area contributed by atoms with E-state index in [-0.39, 0.29) is 5.91 Å². The third kappa shape index (κ3) is 2.91. The van der Waals surface area contributed by atoms with Crippen LogP contribution in [0.4, 0.5) is 5.95 Å². The molecule has 4 nitrogen and oxygen atoms in total. The first-order valence-electron chi connectivity index (χ1n) is 7.27. The molecule has 0 radical (unpaired) electrons. The van der Waals surface area contributed by atoms with Gasteiger partial charge < -0.3 is 4.57 Å². The smallest absolute Gasteiger partial charge is 0.250 e. The minimum Gasteiger partial charge on any atom is -0.310 e. The van der Waals surface area contributed by atoms with E-state index in [1.54, 1.807) is 6.08 Å². The van der Waals surface area contributed by atoms with Gasteiger partial charge in [0.05, 0.1) is 11.0 Å². The van der Waals surface area contributed by atoms with Gasteiger partial charge in [-0.05, 0) is 30.7 Å². The van der Waals surface area contributed by atoms with Gasteiger partial charge in [0.15, 0.2) is 0 Å². The largest absolute Gasteiger partial charge is 0.310 e. The number of rotatable bonds is 4. The van der Waals surface area contributed by atoms with E-state index >= 15 is 0 Å². The molecule has 0 atom stereocenters. The minimum absolute atomic E-state index is 0.186. The van der Waals surface area contributed by atoms with Gasteiger partial charge in [0, 0.05) is 12.6 Å². The first-order valence-corrected chi connectivity index (χ1v) is 7.27. The van der Waals surface area contributed by atoms with E-state index in [1.807, 2.05) is 66.1 Å². The van der Waals surface area contributed by atoms with Crippen LogP contribution in [0.3, 0.4) is 0 Å². The van der Waals surface area contributed by atoms with Crippen LogP contribution in [0.15, 0.2) is 60.7 Å². The third-order valence-electron chi connectivity index (χ3n) is 3.43. The van der Waals surface area contributed by atoms with Crippen molar-refractivity contribution in [1.29, 1.82) is 0 Å². The van der Waals surface area contributed by atoms with E-state index in [4.69, 9.17) is 0 Å². The topological polar surface area (TPSA) is 46.9 Å². The molecule has 1 amide bonds. The van der Waals surface area contributed by atoms with Crippen molar-refractivity contribution in [3.8, 4) is 0 Å². The molecule has 0 unspecified atom stereocenters. The molecule has 2 aromatic carbocycles. The number of hydrogen-bond acceptors (Lipinski definition) is 2. The van der Waals surface area contributed by atoms with Gasteiger partial charge in [-0.1, -0.05) is 42.5 Å². The fourth-order valence-corrected chi connectivity index (χ4v) is 2.38. The lowest BCUT2D eigenvalue weighted by atomic mass is 10.2. The molecule has 0 saturated heterocycles. The molecule has 0 aliphatic rings. The highest BCUT2D eigenvalue weighted by Crippen LogP contribution is 2.19. The predicted molar refractivity (Wildman–Crippen MR) is 89.5 cm³/mol. The first-order chi connectivity index (χ1) is 10.8. The molecule has 0 bridgehead atoms. The summed E-state index contributed by atoms with van der Waals surface area (Å²) in [6.07, 6.45) is 3.31. The number of anilines is 1. The lowest BCUT2D eigenvalue weighted by Gasteiger charge is -2.05. The molecule has 0 spiro atoms. The van der Waals surface area contributed by atoms with Crippen molar-refractivity contribution in [2.45, 2.75) is 13.5 Å². The van der Waals surface area contributed by atoms with Crippen LogP contribution in [0.1, 0.15) is 12.5 Å². The summed E-state index contributed by atoms with van der Waals surface area (Å²) in [5.41, 5.74) is 2.89. The molecule has 22 heavy (non-hydrogen) atoms. The van der Waals surface area contributed by atoms with Crippen molar-refractivity contribution in [3.05, 3.63) is 66.2 Å². The molecule has 4 heteroatoms. The van der Waals surface area contributed by atoms with Gasteiger partial charge in [0.25, 0.3) is 5.91 Å². The summed E-state index contributed by atoms with van der Waals surface area (Å²) in [5, 5.41) is 2.85. The number of carbonyl (C=O) groups excluding carboxylic acids is 1. The number of para-hydroxylation sites is 2. The van der Waals surface area contributed by atoms with Crippen LogP contribution in [0.5, 0.6) is 0 Å². The monoisotopic (exact) mass is 291 g/mol. The Balaban J connectivity index is 1.81. The quantitative estimate of drug-likeness (QED) is 0.745. The van der Waals surface area contributed by atoms with Gasteiger partial charge in [0.2, 0.25) is 5.95 Å². The number of hydrogen-bond donors (Lipinski definition) is 1. The number of nitrogens with zero attached hydrogens (tertiary/aromatic N) is 2. The zero-order valence-corrected chi connectivity index (χ0v) is 12.4. The second-order valence-corrected chi connectivity index (χ2v) is 4.90. The van der Waals surface area contributed by atoms with Gasteiger partial charge in [-0.15, -0.1) is 0 Å². The second kappa shape index (κ2) is 6.26. The number of amides is 1. The fourth-order valence-electron chi connectivity index (χ4n) is 2.38. The zero-order chi connectivity index (χ0) is 15.4. The molecule has 3 rings (SSSR count). The van der Waals surface area contributed by atoms with Gasteiger partial charge in [-0.25, -0.2) is 4.98 Å². The van der Waals surface area contributed by atoms with Crippen LogP contribution in [0.25, 0.3) is 17.1 Å². The summed E-state index contributed by atoms with van der Waals surface area (Å²) < 4.78 is 1.99. The van der Waals surface area contributed by atoms with E-state index in [2.05, 4.69) is 10.3 Å². The summed E-state index contributed by atoms with van der Waals surface area (Å²) in [6, 6.07) is 17.6. The summed E-state index contributed by atoms with van der Waals surface area (Å²) in [4.78, 5) is 16.6. The lowest BCUT2D eigenvalue weighted by molar-refractivity contribution is -0.111. The molecule has 1 N–H and O–H groups in total. The Bertz CT molecular complexity index is 819. The number of nitrogens with one attached hydrogen (secondary N) is 1. The number of benzene rings is 2. The molecule has 0 aliphatic carbocycles. The standard InChI is InChI=1S/C18H17N3O/c1-2-21-16-11-7-6-10-15(16)19-18(21)20-17(22)13-12-14-8-4-3-5-9-14/h3-13H,2H2,1H3,(H,19,20,22)/b13-12+. The average molecular weight is 291 g/mol. The van der Waals surface area contributed by atoms with Crippen LogP contribution in [0.2, 0.25) is 0 Å².